The molecule has 3 N–H and O–H groups in total. The first-order valence-corrected chi connectivity index (χ1v) is 5.22. The predicted molar refractivity (Wildman–Crippen MR) is 62.0 cm³/mol. The summed E-state index contributed by atoms with van der Waals surface area (Å²) in [4.78, 5) is 22.2. The van der Waals surface area contributed by atoms with Gasteiger partial charge in [0.1, 0.15) is 5.75 Å². The van der Waals surface area contributed by atoms with Gasteiger partial charge < -0.3 is 15.5 Å². The number of nitrogens with one attached hydrogen (secondary N) is 1. The van der Waals surface area contributed by atoms with E-state index in [0.717, 1.165) is 5.56 Å². The molecule has 0 saturated heterocycles. The third-order valence-corrected chi connectivity index (χ3v) is 2.39. The fourth-order valence-electron chi connectivity index (χ4n) is 1.26. The lowest BCUT2D eigenvalue weighted by atomic mass is 10.1. The number of phenols is 1. The number of phenolic OH excluding ortho intramolecular Hbond substituents is 1. The third kappa shape index (κ3) is 3.48. The summed E-state index contributed by atoms with van der Waals surface area (Å²) in [5, 5.41) is 20.7. The molecule has 0 spiro atoms. The summed E-state index contributed by atoms with van der Waals surface area (Å²) >= 11 is 0. The average Bonchev–Trinajstić information content (AvgIpc) is 2.25. The largest absolute Gasteiger partial charge is 0.507 e. The highest BCUT2D eigenvalue weighted by molar-refractivity contribution is 5.97. The molecule has 0 aromatic heterocycles. The van der Waals surface area contributed by atoms with Crippen molar-refractivity contribution in [2.75, 3.05) is 6.54 Å². The van der Waals surface area contributed by atoms with Gasteiger partial charge in [0, 0.05) is 6.54 Å². The Morgan fingerprint density at radius 1 is 1.41 bits per heavy atom. The van der Waals surface area contributed by atoms with Crippen molar-refractivity contribution in [3.63, 3.8) is 0 Å². The smallest absolute Gasteiger partial charge is 0.308 e. The molecule has 1 atom stereocenters. The van der Waals surface area contributed by atoms with Crippen LogP contribution in [0.1, 0.15) is 22.8 Å². The Morgan fingerprint density at radius 2 is 2.06 bits per heavy atom. The Labute approximate surface area is 99.1 Å². The molecule has 17 heavy (non-hydrogen) atoms. The second kappa shape index (κ2) is 5.34. The summed E-state index contributed by atoms with van der Waals surface area (Å²) in [6, 6.07) is 4.69. The molecule has 0 aliphatic heterocycles. The zero-order valence-corrected chi connectivity index (χ0v) is 9.73. The van der Waals surface area contributed by atoms with Crippen LogP contribution in [0, 0.1) is 12.8 Å². The fraction of sp³-hybridized carbons (Fsp3) is 0.333. The molecule has 0 aliphatic rings. The normalized spacial score (nSPS) is 11.9. The summed E-state index contributed by atoms with van der Waals surface area (Å²) in [6.07, 6.45) is 0. The first-order valence-electron chi connectivity index (χ1n) is 5.22. The van der Waals surface area contributed by atoms with E-state index < -0.39 is 17.8 Å². The monoisotopic (exact) mass is 237 g/mol. The van der Waals surface area contributed by atoms with Gasteiger partial charge in [-0.2, -0.15) is 0 Å². The molecule has 92 valence electrons. The number of rotatable bonds is 4. The highest BCUT2D eigenvalue weighted by Crippen LogP contribution is 2.18. The Bertz CT molecular complexity index is 442. The van der Waals surface area contributed by atoms with Gasteiger partial charge in [-0.25, -0.2) is 0 Å². The van der Waals surface area contributed by atoms with Crippen LogP contribution in [0.15, 0.2) is 18.2 Å². The Kier molecular flexibility index (Phi) is 4.09. The van der Waals surface area contributed by atoms with Crippen LogP contribution >= 0.6 is 0 Å². The number of aliphatic carboxylic acids is 1. The van der Waals surface area contributed by atoms with E-state index in [2.05, 4.69) is 5.32 Å². The number of carbonyl (C=O) groups excluding carboxylic acids is 1. The average molecular weight is 237 g/mol. The quantitative estimate of drug-likeness (QED) is 0.733. The maximum Gasteiger partial charge on any atom is 0.308 e. The van der Waals surface area contributed by atoms with Crippen molar-refractivity contribution < 1.29 is 19.8 Å². The van der Waals surface area contributed by atoms with Gasteiger partial charge in [-0.05, 0) is 24.6 Å². The fourth-order valence-corrected chi connectivity index (χ4v) is 1.26. The standard InChI is InChI=1S/C12H15NO4/c1-7-3-4-9(10(14)5-7)11(15)13-6-8(2)12(16)17/h3-5,8,14H,6H2,1-2H3,(H,13,15)(H,16,17). The Balaban J connectivity index is 2.67. The highest BCUT2D eigenvalue weighted by atomic mass is 16.4. The van der Waals surface area contributed by atoms with Gasteiger partial charge in [0.25, 0.3) is 5.91 Å². The number of amides is 1. The summed E-state index contributed by atoms with van der Waals surface area (Å²) in [5.74, 6) is -2.22. The number of carbonyl (C=O) groups is 2. The van der Waals surface area contributed by atoms with Gasteiger partial charge in [0.15, 0.2) is 0 Å². The summed E-state index contributed by atoms with van der Waals surface area (Å²) in [5.41, 5.74) is 0.992. The molecule has 5 nitrogen and oxygen atoms in total. The number of benzene rings is 1. The minimum atomic E-state index is -0.974. The van der Waals surface area contributed by atoms with Crippen LogP contribution < -0.4 is 5.32 Å². The van der Waals surface area contributed by atoms with Crippen LogP contribution in [0.5, 0.6) is 5.75 Å². The van der Waals surface area contributed by atoms with Crippen molar-refractivity contribution in [2.24, 2.45) is 5.92 Å². The van der Waals surface area contributed by atoms with Crippen LogP contribution in [0.4, 0.5) is 0 Å². The van der Waals surface area contributed by atoms with E-state index in [0.29, 0.717) is 0 Å². The van der Waals surface area contributed by atoms with E-state index in [-0.39, 0.29) is 17.9 Å². The maximum absolute atomic E-state index is 11.6. The molecule has 1 rings (SSSR count). The lowest BCUT2D eigenvalue weighted by molar-refractivity contribution is -0.140. The van der Waals surface area contributed by atoms with Gasteiger partial charge >= 0.3 is 5.97 Å². The number of aromatic hydroxyl groups is 1. The second-order valence-corrected chi connectivity index (χ2v) is 3.97. The molecule has 1 amide bonds. The lowest BCUT2D eigenvalue weighted by Crippen LogP contribution is -2.31. The maximum atomic E-state index is 11.6. The molecule has 0 aliphatic carbocycles. The van der Waals surface area contributed by atoms with Crippen molar-refractivity contribution in [3.05, 3.63) is 29.3 Å². The van der Waals surface area contributed by atoms with Gasteiger partial charge in [0.05, 0.1) is 11.5 Å². The topological polar surface area (TPSA) is 86.6 Å². The SMILES string of the molecule is Cc1ccc(C(=O)NCC(C)C(=O)O)c(O)c1. The van der Waals surface area contributed by atoms with Gasteiger partial charge in [-0.1, -0.05) is 13.0 Å². The number of carboxylic acids is 1. The van der Waals surface area contributed by atoms with Crippen molar-refractivity contribution in [3.8, 4) is 5.75 Å². The van der Waals surface area contributed by atoms with Crippen molar-refractivity contribution >= 4 is 11.9 Å². The Morgan fingerprint density at radius 3 is 2.59 bits per heavy atom. The van der Waals surface area contributed by atoms with Crippen molar-refractivity contribution in [2.45, 2.75) is 13.8 Å². The van der Waals surface area contributed by atoms with E-state index in [1.54, 1.807) is 13.0 Å². The van der Waals surface area contributed by atoms with Gasteiger partial charge in [0.2, 0.25) is 0 Å². The Hall–Kier alpha value is -2.04. The summed E-state index contributed by atoms with van der Waals surface area (Å²) in [6.45, 7) is 3.33. The van der Waals surface area contributed by atoms with Crippen molar-refractivity contribution in [1.29, 1.82) is 0 Å². The number of aryl methyl sites for hydroxylation is 1. The van der Waals surface area contributed by atoms with Crippen LogP contribution in [0.2, 0.25) is 0 Å². The number of hydrogen-bond acceptors (Lipinski definition) is 3. The van der Waals surface area contributed by atoms with E-state index in [9.17, 15) is 14.7 Å². The second-order valence-electron chi connectivity index (χ2n) is 3.97. The van der Waals surface area contributed by atoms with Crippen LogP contribution in [-0.2, 0) is 4.79 Å². The summed E-state index contributed by atoms with van der Waals surface area (Å²) < 4.78 is 0. The minimum absolute atomic E-state index is 0.0292. The van der Waals surface area contributed by atoms with E-state index in [4.69, 9.17) is 5.11 Å². The molecular formula is C12H15NO4. The molecule has 0 saturated carbocycles. The van der Waals surface area contributed by atoms with E-state index in [1.165, 1.54) is 19.1 Å². The molecule has 1 aromatic carbocycles. The molecule has 0 fully saturated rings. The first kappa shape index (κ1) is 13.0. The highest BCUT2D eigenvalue weighted by Gasteiger charge is 2.15. The summed E-state index contributed by atoms with van der Waals surface area (Å²) in [7, 11) is 0. The molecule has 1 aromatic rings. The lowest BCUT2D eigenvalue weighted by Gasteiger charge is -2.09. The number of hydrogen-bond donors (Lipinski definition) is 3. The van der Waals surface area contributed by atoms with Crippen molar-refractivity contribution in [1.82, 2.24) is 5.32 Å². The van der Waals surface area contributed by atoms with E-state index in [1.807, 2.05) is 0 Å². The first-order chi connectivity index (χ1) is 7.91. The molecule has 0 heterocycles. The van der Waals surface area contributed by atoms with Gasteiger partial charge in [-0.15, -0.1) is 0 Å². The van der Waals surface area contributed by atoms with Crippen LogP contribution in [0.25, 0.3) is 0 Å². The molecule has 1 unspecified atom stereocenters. The number of carboxylic acid groups (broad SMARTS) is 1. The predicted octanol–water partition coefficient (Wildman–Crippen LogP) is 1.15. The zero-order valence-electron chi connectivity index (χ0n) is 9.73. The zero-order chi connectivity index (χ0) is 13.0. The molecular weight excluding hydrogens is 222 g/mol. The minimum Gasteiger partial charge on any atom is -0.507 e. The molecule has 0 bridgehead atoms. The molecule has 0 radical (unpaired) electrons. The van der Waals surface area contributed by atoms with Gasteiger partial charge in [-0.3, -0.25) is 9.59 Å². The molecule has 5 heteroatoms. The van der Waals surface area contributed by atoms with Crippen LogP contribution in [-0.4, -0.2) is 28.6 Å². The third-order valence-electron chi connectivity index (χ3n) is 2.39. The van der Waals surface area contributed by atoms with Crippen LogP contribution in [0.3, 0.4) is 0 Å². The van der Waals surface area contributed by atoms with E-state index >= 15 is 0 Å².